The van der Waals surface area contributed by atoms with Gasteiger partial charge >= 0.3 is 0 Å². The van der Waals surface area contributed by atoms with Gasteiger partial charge in [0.2, 0.25) is 0 Å². The normalized spacial score (nSPS) is 9.90. The first-order valence-electron chi connectivity index (χ1n) is 6.17. The maximum absolute atomic E-state index is 12.0. The third-order valence-electron chi connectivity index (χ3n) is 2.75. The molecule has 0 unspecified atom stereocenters. The fourth-order valence-electron chi connectivity index (χ4n) is 1.72. The molecular weight excluding hydrogens is 270 g/mol. The molecule has 0 spiro atoms. The van der Waals surface area contributed by atoms with Crippen molar-refractivity contribution in [2.75, 3.05) is 5.32 Å². The van der Waals surface area contributed by atoms with E-state index in [4.69, 9.17) is 12.2 Å². The van der Waals surface area contributed by atoms with Crippen molar-refractivity contribution in [2.24, 2.45) is 0 Å². The van der Waals surface area contributed by atoms with E-state index in [1.165, 1.54) is 0 Å². The Hall–Kier alpha value is -2.27. The molecule has 0 atom stereocenters. The highest BCUT2D eigenvalue weighted by Gasteiger charge is 2.08. The fourth-order valence-corrected chi connectivity index (χ4v) is 1.91. The van der Waals surface area contributed by atoms with Crippen LogP contribution in [0.3, 0.4) is 0 Å². The Morgan fingerprint density at radius 3 is 2.70 bits per heavy atom. The second-order valence-electron chi connectivity index (χ2n) is 4.45. The number of aromatic nitrogens is 1. The minimum atomic E-state index is -0.236. The summed E-state index contributed by atoms with van der Waals surface area (Å²) in [6.07, 6.45) is 1.67. The molecule has 0 saturated heterocycles. The molecule has 4 nitrogen and oxygen atoms in total. The summed E-state index contributed by atoms with van der Waals surface area (Å²) < 4.78 is 0. The number of aryl methyl sites for hydroxylation is 2. The van der Waals surface area contributed by atoms with Crippen LogP contribution < -0.4 is 10.6 Å². The van der Waals surface area contributed by atoms with Crippen LogP contribution in [-0.4, -0.2) is 16.0 Å². The lowest BCUT2D eigenvalue weighted by atomic mass is 10.1. The van der Waals surface area contributed by atoms with Crippen LogP contribution in [-0.2, 0) is 0 Å². The molecule has 0 aliphatic heterocycles. The van der Waals surface area contributed by atoms with E-state index in [0.717, 1.165) is 11.1 Å². The van der Waals surface area contributed by atoms with Gasteiger partial charge in [0.05, 0.1) is 0 Å². The molecule has 5 heteroatoms. The van der Waals surface area contributed by atoms with Crippen LogP contribution >= 0.6 is 12.2 Å². The molecule has 1 amide bonds. The molecule has 0 aliphatic rings. The van der Waals surface area contributed by atoms with Gasteiger partial charge in [0.15, 0.2) is 5.11 Å². The Morgan fingerprint density at radius 2 is 2.00 bits per heavy atom. The number of anilines is 1. The molecule has 0 saturated carbocycles. The molecule has 2 N–H and O–H groups in total. The Bertz CT molecular complexity index is 655. The molecule has 2 rings (SSSR count). The highest BCUT2D eigenvalue weighted by atomic mass is 32.1. The third-order valence-corrected chi connectivity index (χ3v) is 2.95. The fraction of sp³-hybridized carbons (Fsp3) is 0.133. The number of amides is 1. The lowest BCUT2D eigenvalue weighted by Crippen LogP contribution is -2.34. The predicted molar refractivity (Wildman–Crippen MR) is 83.8 cm³/mol. The zero-order valence-electron chi connectivity index (χ0n) is 11.3. The number of pyridine rings is 1. The van der Waals surface area contributed by atoms with E-state index in [-0.39, 0.29) is 11.0 Å². The van der Waals surface area contributed by atoms with Crippen molar-refractivity contribution in [2.45, 2.75) is 13.8 Å². The largest absolute Gasteiger partial charge is 0.317 e. The molecule has 1 aromatic heterocycles. The van der Waals surface area contributed by atoms with E-state index in [9.17, 15) is 4.79 Å². The molecule has 0 radical (unpaired) electrons. The van der Waals surface area contributed by atoms with E-state index >= 15 is 0 Å². The topological polar surface area (TPSA) is 54.0 Å². The summed E-state index contributed by atoms with van der Waals surface area (Å²) in [5.74, 6) is 0.404. The minimum Gasteiger partial charge on any atom is -0.317 e. The number of rotatable bonds is 2. The maximum Gasteiger partial charge on any atom is 0.257 e. The average molecular weight is 285 g/mol. The summed E-state index contributed by atoms with van der Waals surface area (Å²) in [5, 5.41) is 5.79. The number of benzene rings is 1. The lowest BCUT2D eigenvalue weighted by molar-refractivity contribution is 0.0977. The Balaban J connectivity index is 2.02. The van der Waals surface area contributed by atoms with Crippen LogP contribution in [0, 0.1) is 13.8 Å². The van der Waals surface area contributed by atoms with Gasteiger partial charge in [-0.15, -0.1) is 0 Å². The Labute approximate surface area is 123 Å². The molecule has 102 valence electrons. The first kappa shape index (κ1) is 14.1. The van der Waals surface area contributed by atoms with Crippen LogP contribution in [0.15, 0.2) is 42.6 Å². The predicted octanol–water partition coefficient (Wildman–Crippen LogP) is 2.83. The number of hydrogen-bond acceptors (Lipinski definition) is 3. The van der Waals surface area contributed by atoms with Gasteiger partial charge in [0.1, 0.15) is 5.82 Å². The molecule has 0 fully saturated rings. The number of carbonyl (C=O) groups is 1. The summed E-state index contributed by atoms with van der Waals surface area (Å²) >= 11 is 5.12. The summed E-state index contributed by atoms with van der Waals surface area (Å²) in [5.41, 5.74) is 2.56. The number of nitrogens with zero attached hydrogens (tertiary/aromatic N) is 1. The highest BCUT2D eigenvalue weighted by molar-refractivity contribution is 7.80. The van der Waals surface area contributed by atoms with Crippen LogP contribution in [0.4, 0.5) is 5.82 Å². The minimum absolute atomic E-state index is 0.235. The van der Waals surface area contributed by atoms with Crippen molar-refractivity contribution in [1.29, 1.82) is 0 Å². The van der Waals surface area contributed by atoms with Crippen LogP contribution in [0.2, 0.25) is 0 Å². The molecule has 2 aromatic rings. The molecule has 20 heavy (non-hydrogen) atoms. The van der Waals surface area contributed by atoms with Crippen molar-refractivity contribution in [1.82, 2.24) is 10.3 Å². The molecular formula is C15H15N3OS. The molecule has 0 bridgehead atoms. The second-order valence-corrected chi connectivity index (χ2v) is 4.85. The first-order chi connectivity index (χ1) is 9.56. The van der Waals surface area contributed by atoms with Gasteiger partial charge in [-0.1, -0.05) is 23.8 Å². The Morgan fingerprint density at radius 1 is 1.20 bits per heavy atom. The number of hydrogen-bond donors (Lipinski definition) is 2. The van der Waals surface area contributed by atoms with Gasteiger partial charge in [0.25, 0.3) is 5.91 Å². The van der Waals surface area contributed by atoms with E-state index in [1.54, 1.807) is 12.3 Å². The summed E-state index contributed by atoms with van der Waals surface area (Å²) in [6.45, 7) is 3.85. The van der Waals surface area contributed by atoms with Gasteiger partial charge in [-0.2, -0.15) is 0 Å². The summed E-state index contributed by atoms with van der Waals surface area (Å²) in [6, 6.07) is 11.1. The van der Waals surface area contributed by atoms with Crippen LogP contribution in [0.5, 0.6) is 0 Å². The van der Waals surface area contributed by atoms with Gasteiger partial charge in [-0.05, 0) is 49.8 Å². The van der Waals surface area contributed by atoms with E-state index in [2.05, 4.69) is 15.6 Å². The van der Waals surface area contributed by atoms with Gasteiger partial charge in [0, 0.05) is 11.8 Å². The SMILES string of the molecule is Cc1cccc(C(=O)NC(=S)Nc2ncccc2C)c1. The first-order valence-corrected chi connectivity index (χ1v) is 6.58. The van der Waals surface area contributed by atoms with Crippen molar-refractivity contribution in [3.8, 4) is 0 Å². The number of nitrogens with one attached hydrogen (secondary N) is 2. The molecule has 1 aromatic carbocycles. The van der Waals surface area contributed by atoms with Crippen LogP contribution in [0.25, 0.3) is 0 Å². The van der Waals surface area contributed by atoms with Gasteiger partial charge in [-0.25, -0.2) is 4.98 Å². The zero-order valence-corrected chi connectivity index (χ0v) is 12.1. The van der Waals surface area contributed by atoms with Gasteiger partial charge < -0.3 is 5.32 Å². The van der Waals surface area contributed by atoms with Crippen molar-refractivity contribution in [3.05, 3.63) is 59.3 Å². The zero-order chi connectivity index (χ0) is 14.5. The summed E-state index contributed by atoms with van der Waals surface area (Å²) in [7, 11) is 0. The van der Waals surface area contributed by atoms with E-state index in [0.29, 0.717) is 11.4 Å². The Kier molecular flexibility index (Phi) is 4.42. The van der Waals surface area contributed by atoms with Gasteiger partial charge in [-0.3, -0.25) is 10.1 Å². The van der Waals surface area contributed by atoms with Crippen molar-refractivity contribution in [3.63, 3.8) is 0 Å². The number of carbonyl (C=O) groups excluding carboxylic acids is 1. The van der Waals surface area contributed by atoms with Crippen molar-refractivity contribution < 1.29 is 4.79 Å². The van der Waals surface area contributed by atoms with Crippen LogP contribution in [0.1, 0.15) is 21.5 Å². The van der Waals surface area contributed by atoms with E-state index in [1.807, 2.05) is 44.2 Å². The molecule has 0 aliphatic carbocycles. The number of thiocarbonyl (C=S) groups is 1. The summed E-state index contributed by atoms with van der Waals surface area (Å²) in [4.78, 5) is 16.2. The standard InChI is InChI=1S/C15H15N3OS/c1-10-5-3-7-12(9-10)14(19)18-15(20)17-13-11(2)6-4-8-16-13/h3-9H,1-2H3,(H2,16,17,18,19,20). The lowest BCUT2D eigenvalue weighted by Gasteiger charge is -2.10. The quantitative estimate of drug-likeness (QED) is 0.833. The highest BCUT2D eigenvalue weighted by Crippen LogP contribution is 2.09. The maximum atomic E-state index is 12.0. The smallest absolute Gasteiger partial charge is 0.257 e. The second kappa shape index (κ2) is 6.25. The third kappa shape index (κ3) is 3.61. The molecule has 1 heterocycles. The van der Waals surface area contributed by atoms with E-state index < -0.39 is 0 Å². The monoisotopic (exact) mass is 285 g/mol. The average Bonchev–Trinajstić information content (AvgIpc) is 2.41. The van der Waals surface area contributed by atoms with Crippen molar-refractivity contribution >= 4 is 29.1 Å².